The van der Waals surface area contributed by atoms with Crippen molar-refractivity contribution in [2.45, 2.75) is 38.0 Å². The lowest BCUT2D eigenvalue weighted by molar-refractivity contribution is -0.115. The Labute approximate surface area is 793 Å². The number of fused-ring (bicyclic) bond motifs is 7. The number of methoxy groups -OCH3 is 5. The van der Waals surface area contributed by atoms with Gasteiger partial charge >= 0.3 is 0 Å². The zero-order valence-electron chi connectivity index (χ0n) is 73.8. The van der Waals surface area contributed by atoms with E-state index < -0.39 is 85.0 Å². The number of hydrogen-bond acceptors (Lipinski definition) is 29. The van der Waals surface area contributed by atoms with Gasteiger partial charge in [0.1, 0.15) is 35.3 Å². The van der Waals surface area contributed by atoms with Crippen LogP contribution in [0.2, 0.25) is 0 Å². The smallest absolute Gasteiger partial charge is 0.281 e. The SMILES string of the molecule is CN1CCCCOc2cc(-c3ccc4c(cnn4C4=CC(=O)NS4=O)c3)cnc21.CN1CCOc2cc(-c3ccc4c(cnn4C4=CC(=O)NS4=O)c3)c(C(F)F)nc21.COc1cc(-c2cc(OC)c3cnn(C4=CC(=O)NS4=O)c3c2)ccn1.COc1cc(-c2ccc(C3CC3)nc2)cc2c1cnn2C1=CC(=O)NS1=O.COc1ccncc1-c1cc(OC)c2cnn(C3=CC(=O)NS3=O)c2c1. The van der Waals surface area contributed by atoms with Gasteiger partial charge in [0.05, 0.1) is 123 Å². The van der Waals surface area contributed by atoms with E-state index in [1.807, 2.05) is 86.2 Å². The van der Waals surface area contributed by atoms with Crippen LogP contribution < -0.4 is 66.6 Å². The summed E-state index contributed by atoms with van der Waals surface area (Å²) in [5.41, 5.74) is 12.1. The number of aromatic nitrogens is 15. The van der Waals surface area contributed by atoms with Gasteiger partial charge < -0.3 is 43.0 Å². The number of likely N-dealkylation sites (N-methyl/N-ethyl adjacent to an activating group) is 1. The Morgan fingerprint density at radius 1 is 0.384 bits per heavy atom. The van der Waals surface area contributed by atoms with E-state index in [1.165, 1.54) is 72.8 Å². The first kappa shape index (κ1) is 91.2. The monoisotopic (exact) mass is 1960 g/mol. The number of pyridine rings is 5. The third-order valence-electron chi connectivity index (χ3n) is 22.9. The zero-order valence-corrected chi connectivity index (χ0v) is 77.9. The molecule has 5 amide bonds. The molecule has 1 saturated carbocycles. The Morgan fingerprint density at radius 2 is 0.833 bits per heavy atom. The number of nitrogens with one attached hydrogen (secondary N) is 5. The number of nitrogens with zero attached hydrogens (tertiary/aromatic N) is 17. The maximum Gasteiger partial charge on any atom is 0.281 e. The number of alkyl halides is 2. The van der Waals surface area contributed by atoms with E-state index in [0.717, 1.165) is 108 Å². The fourth-order valence-electron chi connectivity index (χ4n) is 16.0. The number of ether oxygens (including phenoxy) is 7. The summed E-state index contributed by atoms with van der Waals surface area (Å²) in [5.74, 6) is 4.04. The summed E-state index contributed by atoms with van der Waals surface area (Å²) in [7, 11) is 3.45. The predicted molar refractivity (Wildman–Crippen MR) is 514 cm³/mol. The van der Waals surface area contributed by atoms with Crippen molar-refractivity contribution in [1.29, 1.82) is 0 Å². The van der Waals surface area contributed by atoms with Crippen molar-refractivity contribution in [2.75, 3.05) is 85.7 Å². The van der Waals surface area contributed by atoms with Gasteiger partial charge in [-0.1, -0.05) is 18.2 Å². The fraction of sp³-hybridized carbons (Fsp3) is 0.185. The number of rotatable bonds is 17. The average Bonchev–Trinajstić information content (AvgIpc) is 1.54. The molecule has 23 rings (SSSR count). The number of benzene rings is 5. The Hall–Kier alpha value is -15.9. The van der Waals surface area contributed by atoms with Crippen LogP contribution in [0, 0.1) is 0 Å². The summed E-state index contributed by atoms with van der Waals surface area (Å²) in [6.45, 7) is 2.67. The molecular formula is C92H78F2N22O17S5. The molecule has 8 aliphatic rings. The Bertz CT molecular complexity index is 7860. The Morgan fingerprint density at radius 3 is 1.32 bits per heavy atom. The first-order valence-electron chi connectivity index (χ1n) is 42.2. The lowest BCUT2D eigenvalue weighted by atomic mass is 10.0. The van der Waals surface area contributed by atoms with Crippen LogP contribution in [-0.2, 0) is 78.9 Å². The van der Waals surface area contributed by atoms with Crippen LogP contribution in [0.4, 0.5) is 20.4 Å². The second kappa shape index (κ2) is 38.4. The molecule has 39 nitrogen and oxygen atoms in total. The van der Waals surface area contributed by atoms with E-state index in [0.29, 0.717) is 109 Å². The second-order valence-corrected chi connectivity index (χ2v) is 37.3. The zero-order chi connectivity index (χ0) is 96.0. The standard InChI is InChI=1S/C20H19N5O3S.C19H15F2N5O3S.C19H16N4O3S.2C17H14N4O4S/c1-24-6-2-3-7-28-17-9-14(11-21-20(17)24)13-4-5-16-15(8-13)12-22-25(16)19-10-18(26)23-29(19)27;1-25-4-5-29-14-7-12(17(18(20)21)23-19(14)25)10-2-3-13-11(6-10)9-22-26(13)16-8-15(27)24-30(16)28;1-26-17-7-13(12-4-5-15(20-9-12)11-2-3-11)6-16-14(17)10-21-23(16)19-8-18(24)22-27(19)25;1-24-14-3-4-18-8-11(14)10-5-13-12(15(6-10)25-2)9-19-21(13)17-7-16(22)20-26(17)23;1-24-14-6-11(10-3-4-18-16(7-10)25-2)5-13-12(14)9-19-21(13)17-8-15(22)20-26(17)23/h4-5,8-12H,2-3,6-7H2,1H3,(H,23,26);2-3,6-9,18H,4-5H2,1H3,(H,24,27);4-11H,2-3H2,1H3,(H,22,24);2*3-9H,1-2H3,(H,20,22). The van der Waals surface area contributed by atoms with Gasteiger partial charge in [0.15, 0.2) is 103 Å². The molecule has 5 aromatic carbocycles. The number of amides is 5. The van der Waals surface area contributed by atoms with Crippen LogP contribution in [-0.4, -0.2) is 200 Å². The third-order valence-corrected chi connectivity index (χ3v) is 28.2. The van der Waals surface area contributed by atoms with E-state index in [1.54, 1.807) is 127 Å². The largest absolute Gasteiger partial charge is 0.496 e. The molecule has 138 heavy (non-hydrogen) atoms. The average molecular weight is 1960 g/mol. The highest BCUT2D eigenvalue weighted by molar-refractivity contribution is 7.94. The molecule has 0 saturated heterocycles. The minimum Gasteiger partial charge on any atom is -0.496 e. The first-order chi connectivity index (χ1) is 66.9. The summed E-state index contributed by atoms with van der Waals surface area (Å²) in [6, 6.07) is 35.4. The highest BCUT2D eigenvalue weighted by Gasteiger charge is 2.33. The molecule has 17 heterocycles. The summed E-state index contributed by atoms with van der Waals surface area (Å²) in [6.07, 6.45) is 24.9. The van der Waals surface area contributed by atoms with Crippen molar-refractivity contribution in [3.05, 3.63) is 219 Å². The van der Waals surface area contributed by atoms with Gasteiger partial charge in [-0.05, 0) is 150 Å². The van der Waals surface area contributed by atoms with Gasteiger partial charge in [0.25, 0.3) is 36.0 Å². The van der Waals surface area contributed by atoms with Crippen molar-refractivity contribution < 1.29 is 87.0 Å². The molecule has 15 aromatic rings. The van der Waals surface area contributed by atoms with E-state index >= 15 is 0 Å². The van der Waals surface area contributed by atoms with Crippen molar-refractivity contribution in [3.63, 3.8) is 0 Å². The van der Waals surface area contributed by atoms with E-state index in [9.17, 15) is 53.8 Å². The third kappa shape index (κ3) is 18.2. The van der Waals surface area contributed by atoms with Gasteiger partial charge in [-0.15, -0.1) is 0 Å². The number of carbonyl (C=O) groups is 5. The van der Waals surface area contributed by atoms with E-state index in [4.69, 9.17) is 33.2 Å². The maximum absolute atomic E-state index is 13.8. The van der Waals surface area contributed by atoms with Crippen LogP contribution in [0.5, 0.6) is 40.4 Å². The summed E-state index contributed by atoms with van der Waals surface area (Å²) < 4.78 is 146. The van der Waals surface area contributed by atoms with Gasteiger partial charge in [0.2, 0.25) is 5.88 Å². The molecule has 5 unspecified atom stereocenters. The normalized spacial score (nSPS) is 18.0. The van der Waals surface area contributed by atoms with Gasteiger partial charge in [0, 0.05) is 133 Å². The molecule has 5 N–H and O–H groups in total. The molecule has 1 fully saturated rings. The molecule has 46 heteroatoms. The topological polar surface area (TPSA) is 455 Å². The molecular weight excluding hydrogens is 1880 g/mol. The summed E-state index contributed by atoms with van der Waals surface area (Å²) in [5, 5.41) is 26.6. The highest BCUT2D eigenvalue weighted by atomic mass is 32.2. The molecule has 7 aliphatic heterocycles. The van der Waals surface area contributed by atoms with E-state index in [2.05, 4.69) is 91.1 Å². The molecule has 702 valence electrons. The number of carbonyl (C=O) groups excluding carboxylic acids is 5. The Balaban J connectivity index is 0.000000110. The first-order valence-corrected chi connectivity index (χ1v) is 48.0. The maximum atomic E-state index is 13.8. The van der Waals surface area contributed by atoms with Crippen molar-refractivity contribution in [2.24, 2.45) is 0 Å². The quantitative estimate of drug-likeness (QED) is 0.0565. The molecule has 5 atom stereocenters. The van der Waals surface area contributed by atoms with Crippen molar-refractivity contribution in [3.8, 4) is 96.0 Å². The number of hydrogen-bond donors (Lipinski definition) is 5. The Kier molecular flexibility index (Phi) is 25.4. The van der Waals surface area contributed by atoms with Gasteiger partial charge in [-0.25, -0.2) is 68.2 Å². The van der Waals surface area contributed by atoms with Crippen LogP contribution in [0.25, 0.3) is 135 Å². The molecule has 0 spiro atoms. The van der Waals surface area contributed by atoms with Crippen LogP contribution in [0.1, 0.15) is 49.4 Å². The molecule has 10 aromatic heterocycles. The van der Waals surface area contributed by atoms with Crippen LogP contribution in [0.15, 0.2) is 208 Å². The minimum atomic E-state index is -2.76. The molecule has 0 radical (unpaired) electrons. The minimum absolute atomic E-state index is 0.211. The number of halogens is 2. The second-order valence-electron chi connectivity index (χ2n) is 31.5. The van der Waals surface area contributed by atoms with E-state index in [-0.39, 0.29) is 32.3 Å². The van der Waals surface area contributed by atoms with Gasteiger partial charge in [-0.3, -0.25) is 57.6 Å². The van der Waals surface area contributed by atoms with Crippen molar-refractivity contribution in [1.82, 2.24) is 97.4 Å². The fourth-order valence-corrected chi connectivity index (χ4v) is 20.4. The highest BCUT2D eigenvalue weighted by Crippen LogP contribution is 2.45. The summed E-state index contributed by atoms with van der Waals surface area (Å²) in [4.78, 5) is 83.1. The number of anilines is 2. The lowest BCUT2D eigenvalue weighted by Gasteiger charge is -2.27. The summed E-state index contributed by atoms with van der Waals surface area (Å²) >= 11 is 0. The van der Waals surface area contributed by atoms with Crippen molar-refractivity contribution >= 4 is 176 Å². The van der Waals surface area contributed by atoms with Gasteiger partial charge in [-0.2, -0.15) is 25.5 Å². The molecule has 1 aliphatic carbocycles. The predicted octanol–water partition coefficient (Wildman–Crippen LogP) is 10.7. The molecule has 0 bridgehead atoms. The van der Waals surface area contributed by atoms with Crippen LogP contribution in [0.3, 0.4) is 0 Å². The van der Waals surface area contributed by atoms with Crippen LogP contribution >= 0.6 is 0 Å². The lowest BCUT2D eigenvalue weighted by Crippen LogP contribution is -2.30.